The van der Waals surface area contributed by atoms with E-state index in [0.29, 0.717) is 33.2 Å². The number of nitrogens with one attached hydrogen (secondary N) is 1. The Hall–Kier alpha value is -2.26. The second-order valence-electron chi connectivity index (χ2n) is 4.80. The van der Waals surface area contributed by atoms with E-state index in [1.165, 1.54) is 0 Å². The molecule has 0 aliphatic heterocycles. The minimum Gasteiger partial charge on any atom is -0.485 e. The van der Waals surface area contributed by atoms with Gasteiger partial charge in [0.1, 0.15) is 29.6 Å². The molecule has 0 unspecified atom stereocenters. The molecule has 1 heterocycles. The number of nitrogens with zero attached hydrogens (tertiary/aromatic N) is 2. The molecule has 0 amide bonds. The summed E-state index contributed by atoms with van der Waals surface area (Å²) in [5.41, 5.74) is 2.36. The molecule has 0 radical (unpaired) electrons. The van der Waals surface area contributed by atoms with Crippen molar-refractivity contribution in [3.63, 3.8) is 0 Å². The molecule has 3 rings (SSSR count). The minimum absolute atomic E-state index is 0.153. The van der Waals surface area contributed by atoms with Crippen molar-refractivity contribution in [1.29, 1.82) is 5.26 Å². The lowest BCUT2D eigenvalue weighted by Crippen LogP contribution is -1.99. The van der Waals surface area contributed by atoms with E-state index in [4.69, 9.17) is 33.2 Å². The molecule has 2 aromatic carbocycles. The number of aliphatic hydroxyl groups excluding tert-OH is 1. The molecule has 1 aromatic heterocycles. The van der Waals surface area contributed by atoms with E-state index in [1.54, 1.807) is 24.3 Å². The summed E-state index contributed by atoms with van der Waals surface area (Å²) in [6, 6.07) is 10.9. The van der Waals surface area contributed by atoms with Crippen LogP contribution in [-0.2, 0) is 13.2 Å². The molecule has 0 bridgehead atoms. The highest BCUT2D eigenvalue weighted by molar-refractivity contribution is 6.44. The number of rotatable bonds is 4. The number of hydrogen-bond acceptors (Lipinski definition) is 4. The fourth-order valence-corrected chi connectivity index (χ4v) is 2.62. The standard InChI is InChI=1S/C16H11Cl2N3O2/c17-11-5-12-15(21-13(7-22)20-12)16(14(11)18)23-8-10-4-2-1-3-9(10)6-19/h1-5,22H,7-8H2,(H,20,21). The summed E-state index contributed by atoms with van der Waals surface area (Å²) in [5, 5.41) is 18.9. The first-order valence-electron chi connectivity index (χ1n) is 6.72. The van der Waals surface area contributed by atoms with Crippen LogP contribution in [0.5, 0.6) is 5.75 Å². The maximum absolute atomic E-state index is 9.21. The zero-order chi connectivity index (χ0) is 16.4. The van der Waals surface area contributed by atoms with Gasteiger partial charge in [-0.3, -0.25) is 0 Å². The number of nitriles is 1. The van der Waals surface area contributed by atoms with Gasteiger partial charge in [0.05, 0.1) is 22.2 Å². The zero-order valence-corrected chi connectivity index (χ0v) is 13.3. The lowest BCUT2D eigenvalue weighted by molar-refractivity contribution is 0.273. The number of halogens is 2. The van der Waals surface area contributed by atoms with E-state index >= 15 is 0 Å². The van der Waals surface area contributed by atoms with E-state index in [9.17, 15) is 5.11 Å². The maximum atomic E-state index is 9.21. The van der Waals surface area contributed by atoms with Crippen LogP contribution < -0.4 is 4.74 Å². The highest BCUT2D eigenvalue weighted by Gasteiger charge is 2.16. The van der Waals surface area contributed by atoms with Gasteiger partial charge >= 0.3 is 0 Å². The number of hydrogen-bond donors (Lipinski definition) is 2. The molecule has 116 valence electrons. The third kappa shape index (κ3) is 2.97. The third-order valence-corrected chi connectivity index (χ3v) is 4.11. The van der Waals surface area contributed by atoms with Gasteiger partial charge in [0, 0.05) is 5.56 Å². The van der Waals surface area contributed by atoms with Crippen molar-refractivity contribution in [2.24, 2.45) is 0 Å². The first kappa shape index (κ1) is 15.6. The van der Waals surface area contributed by atoms with Crippen LogP contribution in [0.25, 0.3) is 11.0 Å². The molecule has 0 aliphatic rings. The van der Waals surface area contributed by atoms with Crippen LogP contribution in [0, 0.1) is 11.3 Å². The molecule has 0 spiro atoms. The van der Waals surface area contributed by atoms with Crippen LogP contribution in [0.4, 0.5) is 0 Å². The lowest BCUT2D eigenvalue weighted by atomic mass is 10.1. The summed E-state index contributed by atoms with van der Waals surface area (Å²) in [7, 11) is 0. The molecular formula is C16H11Cl2N3O2. The number of fused-ring (bicyclic) bond motifs is 1. The first-order valence-corrected chi connectivity index (χ1v) is 7.48. The molecule has 2 N–H and O–H groups in total. The molecule has 7 heteroatoms. The Morgan fingerprint density at radius 2 is 2.09 bits per heavy atom. The van der Waals surface area contributed by atoms with Gasteiger partial charge in [-0.25, -0.2) is 4.98 Å². The number of benzene rings is 2. The fourth-order valence-electron chi connectivity index (χ4n) is 2.23. The third-order valence-electron chi connectivity index (χ3n) is 3.34. The van der Waals surface area contributed by atoms with E-state index in [1.807, 2.05) is 6.07 Å². The van der Waals surface area contributed by atoms with Gasteiger partial charge in [0.15, 0.2) is 5.75 Å². The summed E-state index contributed by atoms with van der Waals surface area (Å²) in [6.07, 6.45) is 0. The summed E-state index contributed by atoms with van der Waals surface area (Å²) in [4.78, 5) is 7.19. The van der Waals surface area contributed by atoms with E-state index in [2.05, 4.69) is 16.0 Å². The van der Waals surface area contributed by atoms with Crippen molar-refractivity contribution >= 4 is 34.2 Å². The summed E-state index contributed by atoms with van der Waals surface area (Å²) in [5.74, 6) is 0.707. The Morgan fingerprint density at radius 1 is 1.30 bits per heavy atom. The lowest BCUT2D eigenvalue weighted by Gasteiger charge is -2.10. The number of ether oxygens (including phenoxy) is 1. The SMILES string of the molecule is N#Cc1ccccc1COc1c(Cl)c(Cl)cc2[nH]c(CO)nc12. The average molecular weight is 348 g/mol. The van der Waals surface area contributed by atoms with Gasteiger partial charge < -0.3 is 14.8 Å². The van der Waals surface area contributed by atoms with Crippen molar-refractivity contribution < 1.29 is 9.84 Å². The van der Waals surface area contributed by atoms with Crippen molar-refractivity contribution in [3.8, 4) is 11.8 Å². The molecular weight excluding hydrogens is 337 g/mol. The number of aromatic amines is 1. The maximum Gasteiger partial charge on any atom is 0.167 e. The molecule has 0 fully saturated rings. The molecule has 0 aliphatic carbocycles. The predicted octanol–water partition coefficient (Wildman–Crippen LogP) is 3.81. The van der Waals surface area contributed by atoms with Gasteiger partial charge in [-0.05, 0) is 12.1 Å². The Labute approximate surface area is 142 Å². The van der Waals surface area contributed by atoms with Gasteiger partial charge in [-0.1, -0.05) is 41.4 Å². The monoisotopic (exact) mass is 347 g/mol. The highest BCUT2D eigenvalue weighted by atomic mass is 35.5. The Balaban J connectivity index is 2.00. The Kier molecular flexibility index (Phi) is 4.39. The Bertz CT molecular complexity index is 916. The average Bonchev–Trinajstić information content (AvgIpc) is 2.98. The molecule has 0 atom stereocenters. The van der Waals surface area contributed by atoms with Crippen molar-refractivity contribution in [2.75, 3.05) is 0 Å². The van der Waals surface area contributed by atoms with Crippen LogP contribution in [-0.4, -0.2) is 15.1 Å². The molecule has 0 saturated carbocycles. The topological polar surface area (TPSA) is 81.9 Å². The van der Waals surface area contributed by atoms with Gasteiger partial charge in [0.25, 0.3) is 0 Å². The van der Waals surface area contributed by atoms with Gasteiger partial charge in [-0.2, -0.15) is 5.26 Å². The second-order valence-corrected chi connectivity index (χ2v) is 5.58. The van der Waals surface area contributed by atoms with Crippen LogP contribution in [0.15, 0.2) is 30.3 Å². The smallest absolute Gasteiger partial charge is 0.167 e. The molecule has 5 nitrogen and oxygen atoms in total. The summed E-state index contributed by atoms with van der Waals surface area (Å²) in [6.45, 7) is -0.0825. The quantitative estimate of drug-likeness (QED) is 0.751. The normalized spacial score (nSPS) is 10.7. The predicted molar refractivity (Wildman–Crippen MR) is 87.5 cm³/mol. The first-order chi connectivity index (χ1) is 11.1. The molecule has 0 saturated heterocycles. The van der Waals surface area contributed by atoms with Crippen LogP contribution in [0.2, 0.25) is 10.0 Å². The minimum atomic E-state index is -0.235. The van der Waals surface area contributed by atoms with Crippen molar-refractivity contribution in [1.82, 2.24) is 9.97 Å². The number of H-pyrrole nitrogens is 1. The summed E-state index contributed by atoms with van der Waals surface area (Å²) < 4.78 is 5.79. The van der Waals surface area contributed by atoms with Crippen LogP contribution >= 0.6 is 23.2 Å². The largest absolute Gasteiger partial charge is 0.485 e. The number of aromatic nitrogens is 2. The fraction of sp³-hybridized carbons (Fsp3) is 0.125. The highest BCUT2D eigenvalue weighted by Crippen LogP contribution is 2.38. The van der Waals surface area contributed by atoms with E-state index in [-0.39, 0.29) is 18.2 Å². The van der Waals surface area contributed by atoms with E-state index in [0.717, 1.165) is 5.56 Å². The van der Waals surface area contributed by atoms with Gasteiger partial charge in [0.2, 0.25) is 0 Å². The number of imidazole rings is 1. The molecule has 23 heavy (non-hydrogen) atoms. The summed E-state index contributed by atoms with van der Waals surface area (Å²) >= 11 is 12.3. The van der Waals surface area contributed by atoms with Gasteiger partial charge in [-0.15, -0.1) is 0 Å². The number of aliphatic hydroxyl groups is 1. The van der Waals surface area contributed by atoms with Crippen molar-refractivity contribution in [2.45, 2.75) is 13.2 Å². The second kappa shape index (κ2) is 6.47. The zero-order valence-electron chi connectivity index (χ0n) is 11.8. The van der Waals surface area contributed by atoms with E-state index < -0.39 is 0 Å². The van der Waals surface area contributed by atoms with Crippen LogP contribution in [0.1, 0.15) is 17.0 Å². The van der Waals surface area contributed by atoms with Crippen LogP contribution in [0.3, 0.4) is 0 Å². The molecule has 3 aromatic rings. The Morgan fingerprint density at radius 3 is 2.83 bits per heavy atom. The van der Waals surface area contributed by atoms with Crippen molar-refractivity contribution in [3.05, 3.63) is 57.3 Å².